The zero-order valence-corrected chi connectivity index (χ0v) is 15.6. The standard InChI is InChI=1S/C22H25N3O2/c1-27-19-7-8-20-17(13-19)14-21(24-20)22(26)23-18-9-11-25(12-10-18)15-16-5-3-2-4-6-16/h2-8,13-14,18,24H,9-12,15H2,1H3,(H,23,26)/p+1. The predicted molar refractivity (Wildman–Crippen MR) is 106 cm³/mol. The maximum absolute atomic E-state index is 12.6. The average Bonchev–Trinajstić information content (AvgIpc) is 3.13. The van der Waals surface area contributed by atoms with Crippen molar-refractivity contribution in [2.45, 2.75) is 25.4 Å². The number of piperidine rings is 1. The summed E-state index contributed by atoms with van der Waals surface area (Å²) in [4.78, 5) is 17.4. The molecule has 3 N–H and O–H groups in total. The monoisotopic (exact) mass is 364 g/mol. The van der Waals surface area contributed by atoms with Crippen molar-refractivity contribution in [2.24, 2.45) is 0 Å². The molecular weight excluding hydrogens is 338 g/mol. The molecule has 1 fully saturated rings. The van der Waals surface area contributed by atoms with E-state index >= 15 is 0 Å². The van der Waals surface area contributed by atoms with Crippen LogP contribution in [0.1, 0.15) is 28.9 Å². The minimum atomic E-state index is -0.0262. The first-order valence-electron chi connectivity index (χ1n) is 9.56. The highest BCUT2D eigenvalue weighted by Crippen LogP contribution is 2.21. The van der Waals surface area contributed by atoms with Crippen molar-refractivity contribution < 1.29 is 14.4 Å². The van der Waals surface area contributed by atoms with Gasteiger partial charge in [-0.15, -0.1) is 0 Å². The molecule has 0 unspecified atom stereocenters. The Morgan fingerprint density at radius 3 is 2.67 bits per heavy atom. The number of carbonyl (C=O) groups is 1. The Bertz CT molecular complexity index is 912. The summed E-state index contributed by atoms with van der Waals surface area (Å²) in [5.74, 6) is 0.767. The number of methoxy groups -OCH3 is 1. The molecule has 1 amide bonds. The molecule has 140 valence electrons. The van der Waals surface area contributed by atoms with Crippen LogP contribution in [-0.4, -0.2) is 37.1 Å². The van der Waals surface area contributed by atoms with Crippen molar-refractivity contribution in [1.82, 2.24) is 10.3 Å². The van der Waals surface area contributed by atoms with Crippen LogP contribution in [0.25, 0.3) is 10.9 Å². The summed E-state index contributed by atoms with van der Waals surface area (Å²) in [6.07, 6.45) is 2.03. The smallest absolute Gasteiger partial charge is 0.267 e. The van der Waals surface area contributed by atoms with Crippen LogP contribution in [0.2, 0.25) is 0 Å². The van der Waals surface area contributed by atoms with Crippen LogP contribution in [0.5, 0.6) is 5.75 Å². The van der Waals surface area contributed by atoms with Gasteiger partial charge in [0, 0.05) is 35.3 Å². The molecule has 0 bridgehead atoms. The third kappa shape index (κ3) is 4.14. The quantitative estimate of drug-likeness (QED) is 0.650. The van der Waals surface area contributed by atoms with E-state index in [-0.39, 0.29) is 11.9 Å². The number of likely N-dealkylation sites (tertiary alicyclic amines) is 1. The van der Waals surface area contributed by atoms with Crippen molar-refractivity contribution >= 4 is 16.8 Å². The molecule has 0 atom stereocenters. The number of amides is 1. The minimum Gasteiger partial charge on any atom is -0.497 e. The van der Waals surface area contributed by atoms with E-state index in [1.807, 2.05) is 24.3 Å². The van der Waals surface area contributed by atoms with E-state index in [1.165, 1.54) is 5.56 Å². The number of carbonyl (C=O) groups excluding carboxylic acids is 1. The number of nitrogens with one attached hydrogen (secondary N) is 3. The third-order valence-corrected chi connectivity index (χ3v) is 5.40. The molecule has 1 saturated heterocycles. The van der Waals surface area contributed by atoms with Crippen molar-refractivity contribution in [2.75, 3.05) is 20.2 Å². The van der Waals surface area contributed by atoms with E-state index in [4.69, 9.17) is 4.74 Å². The topological polar surface area (TPSA) is 58.6 Å². The number of rotatable bonds is 5. The SMILES string of the molecule is COc1ccc2[nH]c(C(=O)NC3CC[NH+](Cc4ccccc4)CC3)cc2c1. The molecule has 5 nitrogen and oxygen atoms in total. The van der Waals surface area contributed by atoms with Crippen molar-refractivity contribution in [3.63, 3.8) is 0 Å². The molecule has 27 heavy (non-hydrogen) atoms. The minimum absolute atomic E-state index is 0.0262. The summed E-state index contributed by atoms with van der Waals surface area (Å²) < 4.78 is 5.25. The first-order chi connectivity index (χ1) is 13.2. The lowest BCUT2D eigenvalue weighted by Crippen LogP contribution is -3.12. The summed E-state index contributed by atoms with van der Waals surface area (Å²) in [6, 6.07) is 18.5. The van der Waals surface area contributed by atoms with Crippen LogP contribution in [0, 0.1) is 0 Å². The number of hydrogen-bond acceptors (Lipinski definition) is 2. The van der Waals surface area contributed by atoms with E-state index in [1.54, 1.807) is 12.0 Å². The molecule has 3 aromatic rings. The fraction of sp³-hybridized carbons (Fsp3) is 0.318. The fourth-order valence-corrected chi connectivity index (χ4v) is 3.85. The molecule has 1 aliphatic rings. The predicted octanol–water partition coefficient (Wildman–Crippen LogP) is 2.15. The van der Waals surface area contributed by atoms with Crippen molar-refractivity contribution in [1.29, 1.82) is 0 Å². The Hall–Kier alpha value is -2.79. The van der Waals surface area contributed by atoms with E-state index in [0.717, 1.165) is 49.1 Å². The molecule has 4 rings (SSSR count). The van der Waals surface area contributed by atoms with Crippen LogP contribution in [0.15, 0.2) is 54.6 Å². The second-order valence-electron chi connectivity index (χ2n) is 7.30. The van der Waals surface area contributed by atoms with E-state index in [0.29, 0.717) is 5.69 Å². The lowest BCUT2D eigenvalue weighted by molar-refractivity contribution is -0.918. The number of hydrogen-bond donors (Lipinski definition) is 3. The Balaban J connectivity index is 1.33. The fourth-order valence-electron chi connectivity index (χ4n) is 3.85. The molecule has 0 radical (unpaired) electrons. The molecule has 2 heterocycles. The second-order valence-corrected chi connectivity index (χ2v) is 7.30. The Kier molecular flexibility index (Phi) is 5.12. The number of H-pyrrole nitrogens is 1. The summed E-state index contributed by atoms with van der Waals surface area (Å²) in [6.45, 7) is 3.23. The lowest BCUT2D eigenvalue weighted by Gasteiger charge is -2.29. The number of ether oxygens (including phenoxy) is 1. The van der Waals surface area contributed by atoms with Gasteiger partial charge in [0.15, 0.2) is 0 Å². The Morgan fingerprint density at radius 1 is 1.15 bits per heavy atom. The molecule has 0 saturated carbocycles. The van der Waals surface area contributed by atoms with Gasteiger partial charge >= 0.3 is 0 Å². The van der Waals surface area contributed by atoms with E-state index < -0.39 is 0 Å². The van der Waals surface area contributed by atoms with Gasteiger partial charge in [0.1, 0.15) is 18.0 Å². The zero-order chi connectivity index (χ0) is 18.6. The highest BCUT2D eigenvalue weighted by Gasteiger charge is 2.24. The van der Waals surface area contributed by atoms with E-state index in [9.17, 15) is 4.79 Å². The van der Waals surface area contributed by atoms with Crippen LogP contribution in [0.4, 0.5) is 0 Å². The molecule has 2 aromatic carbocycles. The first kappa shape index (κ1) is 17.6. The van der Waals surface area contributed by atoms with Gasteiger partial charge in [-0.3, -0.25) is 4.79 Å². The second kappa shape index (κ2) is 7.84. The number of fused-ring (bicyclic) bond motifs is 1. The summed E-state index contributed by atoms with van der Waals surface area (Å²) in [5.41, 5.74) is 2.93. The van der Waals surface area contributed by atoms with Gasteiger partial charge in [0.25, 0.3) is 5.91 Å². The van der Waals surface area contributed by atoms with Gasteiger partial charge in [-0.2, -0.15) is 0 Å². The summed E-state index contributed by atoms with van der Waals surface area (Å²) >= 11 is 0. The highest BCUT2D eigenvalue weighted by molar-refractivity contribution is 5.98. The van der Waals surface area contributed by atoms with Gasteiger partial charge in [-0.1, -0.05) is 30.3 Å². The Morgan fingerprint density at radius 2 is 1.93 bits per heavy atom. The van der Waals surface area contributed by atoms with Crippen molar-refractivity contribution in [3.05, 3.63) is 65.9 Å². The van der Waals surface area contributed by atoms with Crippen LogP contribution >= 0.6 is 0 Å². The number of quaternary nitrogens is 1. The number of aromatic nitrogens is 1. The first-order valence-corrected chi connectivity index (χ1v) is 9.56. The number of aromatic amines is 1. The summed E-state index contributed by atoms with van der Waals surface area (Å²) in [5, 5.41) is 4.18. The van der Waals surface area contributed by atoms with Gasteiger partial charge < -0.3 is 19.9 Å². The highest BCUT2D eigenvalue weighted by atomic mass is 16.5. The summed E-state index contributed by atoms with van der Waals surface area (Å²) in [7, 11) is 1.65. The maximum Gasteiger partial charge on any atom is 0.267 e. The average molecular weight is 364 g/mol. The molecule has 1 aromatic heterocycles. The number of benzene rings is 2. The maximum atomic E-state index is 12.6. The van der Waals surface area contributed by atoms with Gasteiger partial charge in [0.2, 0.25) is 0 Å². The van der Waals surface area contributed by atoms with Gasteiger partial charge in [0.05, 0.1) is 20.2 Å². The molecule has 5 heteroatoms. The van der Waals surface area contributed by atoms with Crippen LogP contribution in [-0.2, 0) is 6.54 Å². The lowest BCUT2D eigenvalue weighted by atomic mass is 10.0. The molecule has 0 aliphatic carbocycles. The molecule has 1 aliphatic heterocycles. The zero-order valence-electron chi connectivity index (χ0n) is 15.6. The molecular formula is C22H26N3O2+. The van der Waals surface area contributed by atoms with Gasteiger partial charge in [-0.05, 0) is 24.3 Å². The van der Waals surface area contributed by atoms with Crippen molar-refractivity contribution in [3.8, 4) is 5.75 Å². The normalized spacial score (nSPS) is 19.7. The van der Waals surface area contributed by atoms with Gasteiger partial charge in [-0.25, -0.2) is 0 Å². The van der Waals surface area contributed by atoms with E-state index in [2.05, 4.69) is 40.6 Å². The molecule has 0 spiro atoms. The third-order valence-electron chi connectivity index (χ3n) is 5.40. The Labute approximate surface area is 159 Å². The van der Waals surface area contributed by atoms with Crippen LogP contribution < -0.4 is 15.0 Å². The van der Waals surface area contributed by atoms with Crippen LogP contribution in [0.3, 0.4) is 0 Å². The largest absolute Gasteiger partial charge is 0.497 e.